The van der Waals surface area contributed by atoms with Gasteiger partial charge in [-0.15, -0.1) is 0 Å². The summed E-state index contributed by atoms with van der Waals surface area (Å²) in [5.41, 5.74) is 0.533. The third-order valence-electron chi connectivity index (χ3n) is 3.03. The molecule has 1 nitrogen and oxygen atoms in total. The van der Waals surface area contributed by atoms with Gasteiger partial charge in [0.05, 0.1) is 5.60 Å². The van der Waals surface area contributed by atoms with Crippen molar-refractivity contribution in [2.45, 2.75) is 31.8 Å². The summed E-state index contributed by atoms with van der Waals surface area (Å²) in [5.74, 6) is 0.474. The van der Waals surface area contributed by atoms with Crippen LogP contribution in [0.25, 0.3) is 0 Å². The van der Waals surface area contributed by atoms with Crippen molar-refractivity contribution in [1.29, 1.82) is 0 Å². The molecule has 0 radical (unpaired) electrons. The monoisotopic (exact) mass is 254 g/mol. The van der Waals surface area contributed by atoms with E-state index in [2.05, 4.69) is 22.9 Å². The van der Waals surface area contributed by atoms with Gasteiger partial charge in [0.25, 0.3) is 0 Å². The minimum Gasteiger partial charge on any atom is -0.385 e. The third-order valence-corrected chi connectivity index (χ3v) is 3.53. The minimum absolute atomic E-state index is 0.474. The molecule has 0 amide bonds. The van der Waals surface area contributed by atoms with E-state index in [1.165, 1.54) is 0 Å². The van der Waals surface area contributed by atoms with Gasteiger partial charge >= 0.3 is 0 Å². The van der Waals surface area contributed by atoms with Crippen molar-refractivity contribution < 1.29 is 5.11 Å². The van der Waals surface area contributed by atoms with Crippen LogP contribution in [-0.4, -0.2) is 5.11 Å². The maximum Gasteiger partial charge on any atom is 0.0929 e. The Balaban J connectivity index is 2.17. The Bertz CT molecular complexity index is 337. The Kier molecular flexibility index (Phi) is 2.67. The van der Waals surface area contributed by atoms with Gasteiger partial charge in [-0.1, -0.05) is 41.4 Å². The second-order valence-corrected chi connectivity index (χ2v) is 5.04. The number of aliphatic hydroxyl groups is 1. The summed E-state index contributed by atoms with van der Waals surface area (Å²) in [5, 5.41) is 10.3. The van der Waals surface area contributed by atoms with Crippen molar-refractivity contribution >= 4 is 15.9 Å². The SMILES string of the molecule is CCCC1CC1(O)c1cccc(Br)c1. The fourth-order valence-electron chi connectivity index (χ4n) is 2.12. The topological polar surface area (TPSA) is 20.2 Å². The van der Waals surface area contributed by atoms with Crippen LogP contribution in [0.1, 0.15) is 31.7 Å². The van der Waals surface area contributed by atoms with Crippen LogP contribution in [-0.2, 0) is 5.60 Å². The van der Waals surface area contributed by atoms with E-state index in [1.54, 1.807) is 0 Å². The number of rotatable bonds is 3. The van der Waals surface area contributed by atoms with Gasteiger partial charge in [-0.25, -0.2) is 0 Å². The molecule has 0 saturated heterocycles. The standard InChI is InChI=1S/C12H15BrO/c1-2-4-10-8-12(10,14)9-5-3-6-11(13)7-9/h3,5-7,10,14H,2,4,8H2,1H3. The van der Waals surface area contributed by atoms with Crippen LogP contribution in [0.5, 0.6) is 0 Å². The second kappa shape index (κ2) is 3.67. The molecule has 2 heteroatoms. The maximum absolute atomic E-state index is 10.3. The van der Waals surface area contributed by atoms with E-state index >= 15 is 0 Å². The highest BCUT2D eigenvalue weighted by Gasteiger charge is 2.53. The van der Waals surface area contributed by atoms with E-state index in [0.717, 1.165) is 29.3 Å². The predicted octanol–water partition coefficient (Wildman–Crippen LogP) is 3.46. The fraction of sp³-hybridized carbons (Fsp3) is 0.500. The lowest BCUT2D eigenvalue weighted by molar-refractivity contribution is 0.129. The molecule has 76 valence electrons. The van der Waals surface area contributed by atoms with E-state index in [0.29, 0.717) is 5.92 Å². The van der Waals surface area contributed by atoms with E-state index in [4.69, 9.17) is 0 Å². The summed E-state index contributed by atoms with van der Waals surface area (Å²) in [6.07, 6.45) is 3.21. The van der Waals surface area contributed by atoms with Crippen LogP contribution in [0.4, 0.5) is 0 Å². The Morgan fingerprint density at radius 3 is 3.00 bits per heavy atom. The maximum atomic E-state index is 10.3. The molecule has 0 aliphatic heterocycles. The van der Waals surface area contributed by atoms with Crippen LogP contribution < -0.4 is 0 Å². The first-order valence-electron chi connectivity index (χ1n) is 5.15. The quantitative estimate of drug-likeness (QED) is 0.876. The van der Waals surface area contributed by atoms with Crippen molar-refractivity contribution in [3.05, 3.63) is 34.3 Å². The van der Waals surface area contributed by atoms with Gasteiger partial charge in [0, 0.05) is 4.47 Å². The molecule has 1 aromatic carbocycles. The highest BCUT2D eigenvalue weighted by molar-refractivity contribution is 9.10. The molecule has 0 bridgehead atoms. The van der Waals surface area contributed by atoms with Crippen LogP contribution in [0, 0.1) is 5.92 Å². The zero-order valence-corrected chi connectivity index (χ0v) is 9.92. The molecule has 2 atom stereocenters. The lowest BCUT2D eigenvalue weighted by Crippen LogP contribution is -2.08. The zero-order chi connectivity index (χ0) is 10.2. The number of hydrogen-bond acceptors (Lipinski definition) is 1. The second-order valence-electron chi connectivity index (χ2n) is 4.12. The molecule has 1 aromatic rings. The Labute approximate surface area is 93.3 Å². The smallest absolute Gasteiger partial charge is 0.0929 e. The van der Waals surface area contributed by atoms with Crippen LogP contribution in [0.3, 0.4) is 0 Å². The Morgan fingerprint density at radius 1 is 1.57 bits per heavy atom. The van der Waals surface area contributed by atoms with E-state index in [9.17, 15) is 5.11 Å². The molecule has 2 rings (SSSR count). The molecule has 1 saturated carbocycles. The molecule has 2 unspecified atom stereocenters. The number of hydrogen-bond donors (Lipinski definition) is 1. The summed E-state index contributed by atoms with van der Waals surface area (Å²) in [7, 11) is 0. The summed E-state index contributed by atoms with van der Waals surface area (Å²) in [6, 6.07) is 8.01. The Morgan fingerprint density at radius 2 is 2.36 bits per heavy atom. The molecule has 0 heterocycles. The third kappa shape index (κ3) is 1.73. The molecule has 0 aromatic heterocycles. The largest absolute Gasteiger partial charge is 0.385 e. The van der Waals surface area contributed by atoms with Crippen molar-refractivity contribution in [2.24, 2.45) is 5.92 Å². The molecular formula is C12H15BrO. The Hall–Kier alpha value is -0.340. The number of benzene rings is 1. The summed E-state index contributed by atoms with van der Waals surface area (Å²) in [4.78, 5) is 0. The molecule has 0 spiro atoms. The molecule has 1 aliphatic carbocycles. The van der Waals surface area contributed by atoms with Crippen molar-refractivity contribution in [3.63, 3.8) is 0 Å². The fourth-order valence-corrected chi connectivity index (χ4v) is 2.52. The van der Waals surface area contributed by atoms with Gasteiger partial charge in [-0.2, -0.15) is 0 Å². The first-order chi connectivity index (χ1) is 6.66. The average molecular weight is 255 g/mol. The molecular weight excluding hydrogens is 240 g/mol. The van der Waals surface area contributed by atoms with Crippen molar-refractivity contribution in [1.82, 2.24) is 0 Å². The summed E-state index contributed by atoms with van der Waals surface area (Å²) in [6.45, 7) is 2.17. The lowest BCUT2D eigenvalue weighted by Gasteiger charge is -2.10. The number of halogens is 1. The predicted molar refractivity (Wildman–Crippen MR) is 61.1 cm³/mol. The van der Waals surface area contributed by atoms with Crippen molar-refractivity contribution in [2.75, 3.05) is 0 Å². The molecule has 14 heavy (non-hydrogen) atoms. The normalized spacial score (nSPS) is 30.4. The zero-order valence-electron chi connectivity index (χ0n) is 8.33. The van der Waals surface area contributed by atoms with E-state index < -0.39 is 5.60 Å². The average Bonchev–Trinajstić information content (AvgIpc) is 2.79. The molecule has 1 fully saturated rings. The molecule has 1 N–H and O–H groups in total. The van der Waals surface area contributed by atoms with Gasteiger partial charge < -0.3 is 5.11 Å². The van der Waals surface area contributed by atoms with E-state index in [-0.39, 0.29) is 0 Å². The van der Waals surface area contributed by atoms with E-state index in [1.807, 2.05) is 24.3 Å². The van der Waals surface area contributed by atoms with Crippen LogP contribution in [0.2, 0.25) is 0 Å². The van der Waals surface area contributed by atoms with Gasteiger partial charge in [0.2, 0.25) is 0 Å². The minimum atomic E-state index is -0.528. The summed E-state index contributed by atoms with van der Waals surface area (Å²) < 4.78 is 1.05. The summed E-state index contributed by atoms with van der Waals surface area (Å²) >= 11 is 3.43. The highest BCUT2D eigenvalue weighted by atomic mass is 79.9. The van der Waals surface area contributed by atoms with Crippen LogP contribution in [0.15, 0.2) is 28.7 Å². The molecule has 1 aliphatic rings. The van der Waals surface area contributed by atoms with Gasteiger partial charge in [-0.3, -0.25) is 0 Å². The lowest BCUT2D eigenvalue weighted by atomic mass is 10.0. The first kappa shape index (κ1) is 10.2. The first-order valence-corrected chi connectivity index (χ1v) is 5.94. The van der Waals surface area contributed by atoms with Crippen LogP contribution >= 0.6 is 15.9 Å². The highest BCUT2D eigenvalue weighted by Crippen LogP contribution is 2.54. The van der Waals surface area contributed by atoms with Crippen molar-refractivity contribution in [3.8, 4) is 0 Å². The van der Waals surface area contributed by atoms with Gasteiger partial charge in [-0.05, 0) is 36.5 Å². The van der Waals surface area contributed by atoms with Gasteiger partial charge in [0.1, 0.15) is 0 Å². The van der Waals surface area contributed by atoms with Gasteiger partial charge in [0.15, 0.2) is 0 Å².